The van der Waals surface area contributed by atoms with Crippen molar-refractivity contribution in [3.63, 3.8) is 0 Å². The number of hydrogen-bond donors (Lipinski definition) is 0. The second-order valence-corrected chi connectivity index (χ2v) is 10.7. The fraction of sp³-hybridized carbons (Fsp3) is 0.708. The van der Waals surface area contributed by atoms with Gasteiger partial charge in [-0.05, 0) is 31.0 Å². The summed E-state index contributed by atoms with van der Waals surface area (Å²) in [5.74, 6) is -0.0868. The van der Waals surface area contributed by atoms with Gasteiger partial charge in [0, 0.05) is 51.4 Å². The van der Waals surface area contributed by atoms with Gasteiger partial charge in [-0.25, -0.2) is 8.42 Å². The third-order valence-electron chi connectivity index (χ3n) is 6.41. The van der Waals surface area contributed by atoms with Crippen molar-refractivity contribution in [1.29, 1.82) is 0 Å². The highest BCUT2D eigenvalue weighted by Crippen LogP contribution is 2.22. The van der Waals surface area contributed by atoms with E-state index >= 15 is 0 Å². The summed E-state index contributed by atoms with van der Waals surface area (Å²) in [4.78, 5) is 18.0. The lowest BCUT2D eigenvalue weighted by atomic mass is 10.1. The predicted octanol–water partition coefficient (Wildman–Crippen LogP) is 2.37. The summed E-state index contributed by atoms with van der Waals surface area (Å²) in [6.07, 6.45) is 4.33. The maximum absolute atomic E-state index is 13.6. The fourth-order valence-electron chi connectivity index (χ4n) is 4.23. The van der Waals surface area contributed by atoms with Gasteiger partial charge in [-0.2, -0.15) is 4.31 Å². The highest BCUT2D eigenvalue weighted by atomic mass is 32.2. The molecule has 0 aliphatic carbocycles. The summed E-state index contributed by atoms with van der Waals surface area (Å²) in [5, 5.41) is 0. The van der Waals surface area contributed by atoms with Crippen molar-refractivity contribution in [3.05, 3.63) is 29.3 Å². The third-order valence-corrected chi connectivity index (χ3v) is 8.30. The van der Waals surface area contributed by atoms with Crippen LogP contribution in [0.2, 0.25) is 0 Å². The Labute approximate surface area is 198 Å². The van der Waals surface area contributed by atoms with Crippen LogP contribution in [-0.2, 0) is 19.5 Å². The lowest BCUT2D eigenvalue weighted by molar-refractivity contribution is 0.0324. The van der Waals surface area contributed by atoms with Crippen LogP contribution in [0.15, 0.2) is 23.1 Å². The molecular weight excluding hydrogens is 442 g/mol. The van der Waals surface area contributed by atoms with Gasteiger partial charge in [0.25, 0.3) is 5.91 Å². The SMILES string of the molecule is CCCCCCN(CCN1CCOCC1)C(=O)c1cc(S(=O)(=O)N2CCOCC2)ccc1C. The van der Waals surface area contributed by atoms with Crippen molar-refractivity contribution in [2.45, 2.75) is 44.4 Å². The third kappa shape index (κ3) is 7.23. The molecule has 0 saturated carbocycles. The molecule has 0 bridgehead atoms. The lowest BCUT2D eigenvalue weighted by Crippen LogP contribution is -2.43. The Morgan fingerprint density at radius 1 is 0.970 bits per heavy atom. The molecule has 2 aliphatic rings. The number of hydrogen-bond acceptors (Lipinski definition) is 6. The Morgan fingerprint density at radius 3 is 2.30 bits per heavy atom. The zero-order valence-electron chi connectivity index (χ0n) is 20.1. The monoisotopic (exact) mass is 481 g/mol. The van der Waals surface area contributed by atoms with Gasteiger partial charge in [-0.1, -0.05) is 32.3 Å². The lowest BCUT2D eigenvalue weighted by Gasteiger charge is -2.30. The van der Waals surface area contributed by atoms with Crippen molar-refractivity contribution in [1.82, 2.24) is 14.1 Å². The van der Waals surface area contributed by atoms with Crippen LogP contribution in [-0.4, -0.2) is 101 Å². The van der Waals surface area contributed by atoms with Gasteiger partial charge in [0.05, 0.1) is 31.3 Å². The van der Waals surface area contributed by atoms with E-state index in [0.717, 1.165) is 64.1 Å². The van der Waals surface area contributed by atoms with Gasteiger partial charge >= 0.3 is 0 Å². The summed E-state index contributed by atoms with van der Waals surface area (Å²) < 4.78 is 38.5. The summed E-state index contributed by atoms with van der Waals surface area (Å²) in [6, 6.07) is 4.92. The molecular formula is C24H39N3O5S. The Kier molecular flexibility index (Phi) is 10.1. The van der Waals surface area contributed by atoms with Gasteiger partial charge in [-0.15, -0.1) is 0 Å². The summed E-state index contributed by atoms with van der Waals surface area (Å²) >= 11 is 0. The van der Waals surface area contributed by atoms with Crippen LogP contribution in [0.4, 0.5) is 0 Å². The summed E-state index contributed by atoms with van der Waals surface area (Å²) in [6.45, 7) is 10.8. The number of carbonyl (C=O) groups is 1. The van der Waals surface area contributed by atoms with Crippen LogP contribution in [0, 0.1) is 6.92 Å². The van der Waals surface area contributed by atoms with Crippen molar-refractivity contribution in [2.75, 3.05) is 72.2 Å². The molecule has 2 heterocycles. The normalized spacial score (nSPS) is 18.4. The Morgan fingerprint density at radius 2 is 1.64 bits per heavy atom. The predicted molar refractivity (Wildman–Crippen MR) is 128 cm³/mol. The largest absolute Gasteiger partial charge is 0.379 e. The number of unbranched alkanes of at least 4 members (excludes halogenated alkanes) is 3. The van der Waals surface area contributed by atoms with Crippen LogP contribution < -0.4 is 0 Å². The van der Waals surface area contributed by atoms with Crippen molar-refractivity contribution in [2.24, 2.45) is 0 Å². The molecule has 0 radical (unpaired) electrons. The van der Waals surface area contributed by atoms with E-state index in [0.29, 0.717) is 45.0 Å². The van der Waals surface area contributed by atoms with Gasteiger partial charge in [0.1, 0.15) is 0 Å². The molecule has 1 aromatic rings. The van der Waals surface area contributed by atoms with E-state index in [1.54, 1.807) is 18.2 Å². The molecule has 2 aliphatic heterocycles. The Hall–Kier alpha value is -1.52. The van der Waals surface area contributed by atoms with E-state index < -0.39 is 10.0 Å². The fourth-order valence-corrected chi connectivity index (χ4v) is 5.66. The molecule has 1 amide bonds. The minimum atomic E-state index is -3.65. The maximum Gasteiger partial charge on any atom is 0.254 e. The summed E-state index contributed by atoms with van der Waals surface area (Å²) in [7, 11) is -3.65. The first-order valence-corrected chi connectivity index (χ1v) is 13.7. The zero-order valence-corrected chi connectivity index (χ0v) is 20.9. The number of sulfonamides is 1. The smallest absolute Gasteiger partial charge is 0.254 e. The topological polar surface area (TPSA) is 79.4 Å². The van der Waals surface area contributed by atoms with Crippen LogP contribution in [0.5, 0.6) is 0 Å². The first-order chi connectivity index (χ1) is 15.9. The van der Waals surface area contributed by atoms with Crippen molar-refractivity contribution in [3.8, 4) is 0 Å². The number of nitrogens with zero attached hydrogens (tertiary/aromatic N) is 3. The second kappa shape index (κ2) is 12.8. The van der Waals surface area contributed by atoms with E-state index in [1.807, 2.05) is 11.8 Å². The van der Waals surface area contributed by atoms with E-state index in [1.165, 1.54) is 4.31 Å². The highest BCUT2D eigenvalue weighted by molar-refractivity contribution is 7.89. The van der Waals surface area contributed by atoms with E-state index in [-0.39, 0.29) is 10.8 Å². The quantitative estimate of drug-likeness (QED) is 0.452. The molecule has 2 fully saturated rings. The van der Waals surface area contributed by atoms with Gasteiger partial charge in [0.2, 0.25) is 10.0 Å². The Bertz CT molecular complexity index is 865. The standard InChI is InChI=1S/C24H39N3O5S/c1-3-4-5-6-9-26(11-10-25-12-16-31-17-13-25)24(28)23-20-22(8-7-21(23)2)33(29,30)27-14-18-32-19-15-27/h7-8,20H,3-6,9-19H2,1-2H3. The van der Waals surface area contributed by atoms with Gasteiger partial charge in [-0.3, -0.25) is 9.69 Å². The number of ether oxygens (including phenoxy) is 2. The first-order valence-electron chi connectivity index (χ1n) is 12.2. The van der Waals surface area contributed by atoms with Crippen LogP contribution >= 0.6 is 0 Å². The zero-order chi connectivity index (χ0) is 23.7. The molecule has 2 saturated heterocycles. The second-order valence-electron chi connectivity index (χ2n) is 8.80. The van der Waals surface area contributed by atoms with Crippen LogP contribution in [0.3, 0.4) is 0 Å². The van der Waals surface area contributed by atoms with E-state index in [4.69, 9.17) is 9.47 Å². The van der Waals surface area contributed by atoms with Crippen LogP contribution in [0.1, 0.15) is 48.5 Å². The highest BCUT2D eigenvalue weighted by Gasteiger charge is 2.28. The number of rotatable bonds is 11. The number of carbonyl (C=O) groups excluding carboxylic acids is 1. The minimum absolute atomic E-state index is 0.0868. The van der Waals surface area contributed by atoms with Gasteiger partial charge < -0.3 is 14.4 Å². The Balaban J connectivity index is 1.77. The average Bonchev–Trinajstić information content (AvgIpc) is 2.84. The molecule has 0 spiro atoms. The molecule has 1 aromatic carbocycles. The van der Waals surface area contributed by atoms with Crippen molar-refractivity contribution < 1.29 is 22.7 Å². The van der Waals surface area contributed by atoms with E-state index in [9.17, 15) is 13.2 Å². The molecule has 0 unspecified atom stereocenters. The number of amides is 1. The first kappa shape index (κ1) is 26.1. The maximum atomic E-state index is 13.6. The molecule has 3 rings (SSSR count). The molecule has 9 heteroatoms. The van der Waals surface area contributed by atoms with Gasteiger partial charge in [0.15, 0.2) is 0 Å². The molecule has 8 nitrogen and oxygen atoms in total. The molecule has 0 aromatic heterocycles. The molecule has 0 atom stereocenters. The number of aryl methyl sites for hydroxylation is 1. The van der Waals surface area contributed by atoms with Crippen LogP contribution in [0.25, 0.3) is 0 Å². The molecule has 0 N–H and O–H groups in total. The van der Waals surface area contributed by atoms with Crippen molar-refractivity contribution >= 4 is 15.9 Å². The number of morpholine rings is 2. The minimum Gasteiger partial charge on any atom is -0.379 e. The molecule has 186 valence electrons. The number of benzene rings is 1. The molecule has 33 heavy (non-hydrogen) atoms. The van der Waals surface area contributed by atoms with E-state index in [2.05, 4.69) is 11.8 Å². The average molecular weight is 482 g/mol. The summed E-state index contributed by atoms with van der Waals surface area (Å²) in [5.41, 5.74) is 1.27.